The molecule has 0 heterocycles. The van der Waals surface area contributed by atoms with Crippen molar-refractivity contribution in [2.45, 2.75) is 13.3 Å². The van der Waals surface area contributed by atoms with E-state index in [1.54, 1.807) is 24.3 Å². The van der Waals surface area contributed by atoms with E-state index in [1.807, 2.05) is 13.0 Å². The van der Waals surface area contributed by atoms with Crippen LogP contribution in [-0.4, -0.2) is 11.1 Å². The van der Waals surface area contributed by atoms with Crippen LogP contribution in [0.4, 0.5) is 0 Å². The topological polar surface area (TPSA) is 37.3 Å². The number of carboxylic acids is 1. The maximum atomic E-state index is 11.1. The predicted molar refractivity (Wildman–Crippen MR) is 55.6 cm³/mol. The Morgan fingerprint density at radius 2 is 2.46 bits per heavy atom. The Morgan fingerprint density at radius 3 is 2.92 bits per heavy atom. The van der Waals surface area contributed by atoms with Gasteiger partial charge in [-0.3, -0.25) is 4.79 Å². The molecule has 0 aliphatic heterocycles. The van der Waals surface area contributed by atoms with Crippen LogP contribution in [0.1, 0.15) is 13.3 Å². The van der Waals surface area contributed by atoms with Crippen LogP contribution in [0.15, 0.2) is 34.9 Å². The molecule has 0 aromatic rings. The molecule has 0 aromatic carbocycles. The lowest BCUT2D eigenvalue weighted by Crippen LogP contribution is -2.27. The molecule has 1 rings (SSSR count). The summed E-state index contributed by atoms with van der Waals surface area (Å²) < 4.78 is 0.913. The second-order valence-electron chi connectivity index (χ2n) is 2.99. The normalized spacial score (nSPS) is 27.7. The van der Waals surface area contributed by atoms with Crippen LogP contribution in [0.5, 0.6) is 0 Å². The van der Waals surface area contributed by atoms with Gasteiger partial charge in [-0.25, -0.2) is 0 Å². The van der Waals surface area contributed by atoms with Gasteiger partial charge in [-0.2, -0.15) is 0 Å². The summed E-state index contributed by atoms with van der Waals surface area (Å²) in [5.41, 5.74) is -0.859. The van der Waals surface area contributed by atoms with Crippen molar-refractivity contribution >= 4 is 21.9 Å². The molecule has 0 saturated carbocycles. The number of carbonyl (C=O) groups is 1. The summed E-state index contributed by atoms with van der Waals surface area (Å²) in [6, 6.07) is 0. The number of halogens is 1. The minimum atomic E-state index is -0.859. The average Bonchev–Trinajstić information content (AvgIpc) is 2.04. The Labute approximate surface area is 85.8 Å². The van der Waals surface area contributed by atoms with Crippen LogP contribution >= 0.6 is 15.9 Å². The Hall–Kier alpha value is -0.830. The van der Waals surface area contributed by atoms with E-state index in [2.05, 4.69) is 15.9 Å². The van der Waals surface area contributed by atoms with Crippen LogP contribution in [0.2, 0.25) is 0 Å². The zero-order chi connectivity index (χ0) is 9.90. The van der Waals surface area contributed by atoms with Gasteiger partial charge in [-0.15, -0.1) is 0 Å². The second kappa shape index (κ2) is 3.92. The van der Waals surface area contributed by atoms with E-state index in [1.165, 1.54) is 0 Å². The molecule has 13 heavy (non-hydrogen) atoms. The lowest BCUT2D eigenvalue weighted by Gasteiger charge is -2.24. The average molecular weight is 243 g/mol. The first-order chi connectivity index (χ1) is 6.10. The highest BCUT2D eigenvalue weighted by atomic mass is 79.9. The lowest BCUT2D eigenvalue weighted by molar-refractivity contribution is -0.143. The van der Waals surface area contributed by atoms with Crippen molar-refractivity contribution in [1.29, 1.82) is 0 Å². The predicted octanol–water partition coefficient (Wildman–Crippen LogP) is 2.87. The monoisotopic (exact) mass is 242 g/mol. The molecule has 70 valence electrons. The minimum Gasteiger partial charge on any atom is -0.480 e. The summed E-state index contributed by atoms with van der Waals surface area (Å²) in [6.07, 6.45) is 9.31. The molecule has 1 N–H and O–H groups in total. The molecular weight excluding hydrogens is 232 g/mol. The van der Waals surface area contributed by atoms with Gasteiger partial charge in [-0.05, 0) is 11.4 Å². The molecular formula is C10H11BrO2. The molecule has 0 fully saturated rings. The maximum Gasteiger partial charge on any atom is 0.317 e. The van der Waals surface area contributed by atoms with Crippen molar-refractivity contribution in [1.82, 2.24) is 0 Å². The standard InChI is InChI=1S/C10H11BrO2/c1-2-5-10(9(12)13)6-3-4-8(11)7-10/h2-6H,7H2,1H3,(H,12,13). The SMILES string of the molecule is CC=CC1(C(=O)O)C=CC=C(Br)C1. The van der Waals surface area contributed by atoms with Gasteiger partial charge in [0.05, 0.1) is 0 Å². The van der Waals surface area contributed by atoms with Gasteiger partial charge in [-0.1, -0.05) is 46.3 Å². The van der Waals surface area contributed by atoms with E-state index < -0.39 is 11.4 Å². The zero-order valence-corrected chi connectivity index (χ0v) is 8.91. The molecule has 0 radical (unpaired) electrons. The Kier molecular flexibility index (Phi) is 3.09. The summed E-state index contributed by atoms with van der Waals surface area (Å²) in [6.45, 7) is 1.82. The van der Waals surface area contributed by atoms with Crippen LogP contribution in [0.3, 0.4) is 0 Å². The van der Waals surface area contributed by atoms with Crippen LogP contribution in [0, 0.1) is 5.41 Å². The fraction of sp³-hybridized carbons (Fsp3) is 0.300. The molecule has 1 atom stereocenters. The number of aliphatic carboxylic acids is 1. The van der Waals surface area contributed by atoms with Gasteiger partial charge in [0, 0.05) is 6.42 Å². The molecule has 1 aliphatic rings. The van der Waals surface area contributed by atoms with Gasteiger partial charge in [0.15, 0.2) is 0 Å². The maximum absolute atomic E-state index is 11.1. The van der Waals surface area contributed by atoms with Crippen molar-refractivity contribution in [3.8, 4) is 0 Å². The molecule has 0 spiro atoms. The molecule has 3 heteroatoms. The van der Waals surface area contributed by atoms with Crippen LogP contribution in [-0.2, 0) is 4.79 Å². The van der Waals surface area contributed by atoms with E-state index in [0.29, 0.717) is 6.42 Å². The summed E-state index contributed by atoms with van der Waals surface area (Å²) in [4.78, 5) is 11.1. The summed E-state index contributed by atoms with van der Waals surface area (Å²) in [5, 5.41) is 9.09. The molecule has 1 aliphatic carbocycles. The van der Waals surface area contributed by atoms with Crippen molar-refractivity contribution in [2.24, 2.45) is 5.41 Å². The van der Waals surface area contributed by atoms with Crippen molar-refractivity contribution in [3.05, 3.63) is 34.9 Å². The molecule has 0 bridgehead atoms. The molecule has 0 amide bonds. The van der Waals surface area contributed by atoms with Gasteiger partial charge in [0.25, 0.3) is 0 Å². The van der Waals surface area contributed by atoms with Gasteiger partial charge < -0.3 is 5.11 Å². The quantitative estimate of drug-likeness (QED) is 0.757. The highest BCUT2D eigenvalue weighted by molar-refractivity contribution is 9.11. The van der Waals surface area contributed by atoms with Crippen molar-refractivity contribution in [2.75, 3.05) is 0 Å². The number of rotatable bonds is 2. The fourth-order valence-electron chi connectivity index (χ4n) is 1.35. The Balaban J connectivity index is 3.02. The smallest absolute Gasteiger partial charge is 0.317 e. The number of carboxylic acid groups (broad SMARTS) is 1. The van der Waals surface area contributed by atoms with Crippen LogP contribution in [0.25, 0.3) is 0 Å². The van der Waals surface area contributed by atoms with Crippen molar-refractivity contribution < 1.29 is 9.90 Å². The Bertz CT molecular complexity index is 302. The third-order valence-corrected chi connectivity index (χ3v) is 2.54. The summed E-state index contributed by atoms with van der Waals surface area (Å²) >= 11 is 3.31. The van der Waals surface area contributed by atoms with Crippen molar-refractivity contribution in [3.63, 3.8) is 0 Å². The van der Waals surface area contributed by atoms with Gasteiger partial charge >= 0.3 is 5.97 Å². The number of hydrogen-bond donors (Lipinski definition) is 1. The minimum absolute atomic E-state index is 0.489. The fourth-order valence-corrected chi connectivity index (χ4v) is 1.97. The highest BCUT2D eigenvalue weighted by Crippen LogP contribution is 2.35. The van der Waals surface area contributed by atoms with E-state index in [9.17, 15) is 4.79 Å². The molecule has 2 nitrogen and oxygen atoms in total. The van der Waals surface area contributed by atoms with E-state index >= 15 is 0 Å². The third kappa shape index (κ3) is 2.10. The van der Waals surface area contributed by atoms with E-state index in [0.717, 1.165) is 4.48 Å². The van der Waals surface area contributed by atoms with Gasteiger partial charge in [0.2, 0.25) is 0 Å². The summed E-state index contributed by atoms with van der Waals surface area (Å²) in [7, 11) is 0. The first-order valence-electron chi connectivity index (χ1n) is 4.02. The molecule has 1 unspecified atom stereocenters. The zero-order valence-electron chi connectivity index (χ0n) is 7.33. The number of hydrogen-bond acceptors (Lipinski definition) is 1. The lowest BCUT2D eigenvalue weighted by atomic mass is 9.81. The van der Waals surface area contributed by atoms with Gasteiger partial charge in [0.1, 0.15) is 5.41 Å². The second-order valence-corrected chi connectivity index (χ2v) is 4.01. The summed E-state index contributed by atoms with van der Waals surface area (Å²) in [5.74, 6) is -0.813. The first kappa shape index (κ1) is 10.3. The highest BCUT2D eigenvalue weighted by Gasteiger charge is 2.34. The van der Waals surface area contributed by atoms with Crippen LogP contribution < -0.4 is 0 Å². The van der Waals surface area contributed by atoms with E-state index in [-0.39, 0.29) is 0 Å². The first-order valence-corrected chi connectivity index (χ1v) is 4.81. The molecule has 0 saturated heterocycles. The van der Waals surface area contributed by atoms with E-state index in [4.69, 9.17) is 5.11 Å². The largest absolute Gasteiger partial charge is 0.480 e. The Morgan fingerprint density at radius 1 is 1.77 bits per heavy atom. The third-order valence-electron chi connectivity index (χ3n) is 1.99. The number of allylic oxidation sites excluding steroid dienone is 4. The molecule has 0 aromatic heterocycles.